The Morgan fingerprint density at radius 3 is 2.38 bits per heavy atom. The van der Waals surface area contributed by atoms with Crippen LogP contribution in [0.1, 0.15) is 45.7 Å². The van der Waals surface area contributed by atoms with E-state index < -0.39 is 19.2 Å². The molecule has 0 bridgehead atoms. The normalized spacial score (nSPS) is 18.3. The molecule has 1 aromatic carbocycles. The van der Waals surface area contributed by atoms with Crippen LogP contribution in [0.5, 0.6) is 0 Å². The van der Waals surface area contributed by atoms with Gasteiger partial charge in [0.2, 0.25) is 9.04 Å². The van der Waals surface area contributed by atoms with Crippen molar-refractivity contribution < 1.29 is 12.8 Å². The molecule has 0 amide bonds. The number of benzene rings is 1. The molecular weight excluding hydrogens is 340 g/mol. The minimum Gasteiger partial charge on any atom is -0.399 e. The molecule has 0 fully saturated rings. The summed E-state index contributed by atoms with van der Waals surface area (Å²) in [4.78, 5) is 0. The summed E-state index contributed by atoms with van der Waals surface area (Å²) in [6.45, 7) is 14.8. The Morgan fingerprint density at radius 1 is 1.25 bits per heavy atom. The molecule has 0 N–H and O–H groups in total. The van der Waals surface area contributed by atoms with Crippen molar-refractivity contribution in [2.45, 2.75) is 65.7 Å². The Bertz CT molecular complexity index is 696. The van der Waals surface area contributed by atoms with Gasteiger partial charge in [0, 0.05) is 12.6 Å². The molecule has 1 aliphatic heterocycles. The van der Waals surface area contributed by atoms with E-state index in [1.807, 2.05) is 39.1 Å². The van der Waals surface area contributed by atoms with Crippen molar-refractivity contribution in [1.29, 1.82) is 0 Å². The zero-order valence-corrected chi connectivity index (χ0v) is 17.6. The predicted octanol–water partition coefficient (Wildman–Crippen LogP) is 3.48. The average molecular weight is 370 g/mol. The highest BCUT2D eigenvalue weighted by atomic mass is 32.2. The average Bonchev–Trinajstić information content (AvgIpc) is 2.43. The van der Waals surface area contributed by atoms with E-state index in [2.05, 4.69) is 26.8 Å². The van der Waals surface area contributed by atoms with Gasteiger partial charge < -0.3 is 4.43 Å². The lowest BCUT2D eigenvalue weighted by atomic mass is 9.86. The third-order valence-electron chi connectivity index (χ3n) is 4.16. The number of rotatable bonds is 4. The third-order valence-corrected chi connectivity index (χ3v) is 6.87. The number of fused-ring (bicyclic) bond motifs is 1. The quantitative estimate of drug-likeness (QED) is 0.764. The van der Waals surface area contributed by atoms with Gasteiger partial charge in [-0.25, -0.2) is 4.31 Å². The monoisotopic (exact) mass is 369 g/mol. The number of anilines is 1. The van der Waals surface area contributed by atoms with Crippen molar-refractivity contribution in [2.24, 2.45) is 0 Å². The molecule has 0 spiro atoms. The van der Waals surface area contributed by atoms with Gasteiger partial charge >= 0.3 is 10.2 Å². The molecule has 5 nitrogen and oxygen atoms in total. The van der Waals surface area contributed by atoms with Crippen molar-refractivity contribution in [1.82, 2.24) is 4.31 Å². The van der Waals surface area contributed by atoms with Crippen LogP contribution in [0.3, 0.4) is 0 Å². The van der Waals surface area contributed by atoms with E-state index in [-0.39, 0.29) is 18.2 Å². The minimum atomic E-state index is -3.56. The van der Waals surface area contributed by atoms with Gasteiger partial charge in [-0.3, -0.25) is 0 Å². The number of hydrogen-bond donors (Lipinski definition) is 0. The molecule has 0 saturated heterocycles. The van der Waals surface area contributed by atoms with Crippen LogP contribution in [-0.2, 0) is 26.6 Å². The van der Waals surface area contributed by atoms with Crippen molar-refractivity contribution in [3.63, 3.8) is 0 Å². The van der Waals surface area contributed by atoms with E-state index in [9.17, 15) is 8.42 Å². The number of nitrogens with zero attached hydrogens (tertiary/aromatic N) is 2. The summed E-state index contributed by atoms with van der Waals surface area (Å²) in [6.07, 6.45) is 0. The summed E-state index contributed by atoms with van der Waals surface area (Å²) >= 11 is 0. The first-order valence-electron chi connectivity index (χ1n) is 8.30. The standard InChI is InChI=1S/C17H29N2O3SSi/c1-13(2)18-11-14-10-15(17(3,4)5)8-9-16(14)19(23(18,20)21)12-22-24(6)7/h8-10,13H,11-12H2,1-7H3. The molecule has 0 atom stereocenters. The third kappa shape index (κ3) is 3.85. The van der Waals surface area contributed by atoms with E-state index in [4.69, 9.17) is 4.43 Å². The van der Waals surface area contributed by atoms with Gasteiger partial charge in [-0.05, 0) is 49.5 Å². The highest BCUT2D eigenvalue weighted by molar-refractivity contribution is 7.90. The molecule has 0 unspecified atom stereocenters. The van der Waals surface area contributed by atoms with Crippen LogP contribution in [0.15, 0.2) is 18.2 Å². The first-order valence-corrected chi connectivity index (χ1v) is 12.1. The second-order valence-corrected chi connectivity index (χ2v) is 11.7. The first kappa shape index (κ1) is 19.4. The van der Waals surface area contributed by atoms with Gasteiger partial charge in [-0.2, -0.15) is 12.7 Å². The molecule has 135 valence electrons. The molecular formula is C17H29N2O3SSi. The zero-order valence-electron chi connectivity index (χ0n) is 15.8. The Labute approximate surface area is 148 Å². The molecule has 0 aliphatic carbocycles. The van der Waals surface area contributed by atoms with Crippen molar-refractivity contribution >= 4 is 24.9 Å². The second-order valence-electron chi connectivity index (χ2n) is 7.77. The molecule has 1 radical (unpaired) electrons. The van der Waals surface area contributed by atoms with Crippen molar-refractivity contribution in [2.75, 3.05) is 11.0 Å². The Hall–Kier alpha value is -0.893. The lowest BCUT2D eigenvalue weighted by molar-refractivity contribution is 0.307. The molecule has 1 heterocycles. The number of hydrogen-bond acceptors (Lipinski definition) is 3. The van der Waals surface area contributed by atoms with Gasteiger partial charge in [0.25, 0.3) is 0 Å². The maximum absolute atomic E-state index is 13.0. The molecule has 1 aliphatic rings. The Balaban J connectivity index is 2.53. The van der Waals surface area contributed by atoms with Gasteiger partial charge in [0.05, 0.1) is 5.69 Å². The van der Waals surface area contributed by atoms with Gasteiger partial charge in [-0.15, -0.1) is 0 Å². The smallest absolute Gasteiger partial charge is 0.306 e. The molecule has 0 saturated carbocycles. The van der Waals surface area contributed by atoms with Gasteiger partial charge in [0.15, 0.2) is 0 Å². The van der Waals surface area contributed by atoms with Crippen LogP contribution in [0.4, 0.5) is 5.69 Å². The van der Waals surface area contributed by atoms with Gasteiger partial charge in [-0.1, -0.05) is 32.9 Å². The maximum Gasteiger partial charge on any atom is 0.306 e. The molecule has 0 aromatic heterocycles. The van der Waals surface area contributed by atoms with Crippen molar-refractivity contribution in [3.8, 4) is 0 Å². The zero-order chi connectivity index (χ0) is 18.3. The summed E-state index contributed by atoms with van der Waals surface area (Å²) in [6, 6.07) is 5.98. The van der Waals surface area contributed by atoms with Crippen LogP contribution in [-0.4, -0.2) is 34.5 Å². The maximum atomic E-state index is 13.0. The van der Waals surface area contributed by atoms with E-state index in [0.29, 0.717) is 6.54 Å². The lowest BCUT2D eigenvalue weighted by Crippen LogP contribution is -2.51. The predicted molar refractivity (Wildman–Crippen MR) is 101 cm³/mol. The van der Waals surface area contributed by atoms with Crippen LogP contribution in [0.2, 0.25) is 13.1 Å². The molecule has 24 heavy (non-hydrogen) atoms. The second kappa shape index (κ2) is 6.78. The Kier molecular flexibility index (Phi) is 5.49. The minimum absolute atomic E-state index is 0.0261. The highest BCUT2D eigenvalue weighted by Gasteiger charge is 2.38. The van der Waals surface area contributed by atoms with E-state index in [1.54, 1.807) is 4.31 Å². The van der Waals surface area contributed by atoms with E-state index in [0.717, 1.165) is 11.3 Å². The lowest BCUT2D eigenvalue weighted by Gasteiger charge is -2.39. The van der Waals surface area contributed by atoms with Crippen LogP contribution in [0, 0.1) is 0 Å². The van der Waals surface area contributed by atoms with E-state index in [1.165, 1.54) is 9.87 Å². The van der Waals surface area contributed by atoms with Crippen LogP contribution >= 0.6 is 0 Å². The summed E-state index contributed by atoms with van der Waals surface area (Å²) in [5.41, 5.74) is 3.01. The fourth-order valence-corrected chi connectivity index (χ4v) is 4.88. The summed E-state index contributed by atoms with van der Waals surface area (Å²) in [7, 11) is -4.54. The van der Waals surface area contributed by atoms with Crippen LogP contribution in [0.25, 0.3) is 0 Å². The first-order chi connectivity index (χ1) is 10.9. The fraction of sp³-hybridized carbons (Fsp3) is 0.647. The van der Waals surface area contributed by atoms with E-state index >= 15 is 0 Å². The Morgan fingerprint density at radius 2 is 1.88 bits per heavy atom. The SMILES string of the molecule is CC(C)N1Cc2cc(C(C)(C)C)ccc2N(CO[Si](C)C)S1(=O)=O. The molecule has 1 aromatic rings. The van der Waals surface area contributed by atoms with Crippen molar-refractivity contribution in [3.05, 3.63) is 29.3 Å². The summed E-state index contributed by atoms with van der Waals surface area (Å²) in [5.74, 6) is 0. The molecule has 7 heteroatoms. The summed E-state index contributed by atoms with van der Waals surface area (Å²) in [5, 5.41) is 0. The largest absolute Gasteiger partial charge is 0.399 e. The topological polar surface area (TPSA) is 49.9 Å². The fourth-order valence-electron chi connectivity index (χ4n) is 2.70. The van der Waals surface area contributed by atoms with Crippen LogP contribution < -0.4 is 4.31 Å². The summed E-state index contributed by atoms with van der Waals surface area (Å²) < 4.78 is 34.7. The molecule has 2 rings (SSSR count). The highest BCUT2D eigenvalue weighted by Crippen LogP contribution is 2.36. The van der Waals surface area contributed by atoms with Gasteiger partial charge in [0.1, 0.15) is 6.73 Å².